The van der Waals surface area contributed by atoms with E-state index in [1.165, 1.54) is 0 Å². The highest BCUT2D eigenvalue weighted by Crippen LogP contribution is 2.14. The quantitative estimate of drug-likeness (QED) is 0.777. The number of para-hydroxylation sites is 2. The van der Waals surface area contributed by atoms with E-state index in [0.717, 1.165) is 34.9 Å². The number of rotatable bonds is 5. The summed E-state index contributed by atoms with van der Waals surface area (Å²) in [5.74, 6) is 1.74. The lowest BCUT2D eigenvalue weighted by Gasteiger charge is -2.10. The minimum absolute atomic E-state index is 0.709. The van der Waals surface area contributed by atoms with Crippen molar-refractivity contribution < 1.29 is 0 Å². The highest BCUT2D eigenvalue weighted by atomic mass is 15.2. The Morgan fingerprint density at radius 2 is 1.82 bits per heavy atom. The molecule has 0 aliphatic heterocycles. The van der Waals surface area contributed by atoms with Gasteiger partial charge in [0.05, 0.1) is 17.6 Å². The second-order valence-electron chi connectivity index (χ2n) is 5.47. The summed E-state index contributed by atoms with van der Waals surface area (Å²) in [6, 6.07) is 8.16. The second kappa shape index (κ2) is 6.11. The molecule has 2 aromatic heterocycles. The highest BCUT2D eigenvalue weighted by molar-refractivity contribution is 5.75. The Bertz CT molecular complexity index is 760. The molecule has 0 aliphatic carbocycles. The summed E-state index contributed by atoms with van der Waals surface area (Å²) in [6.45, 7) is 1.43. The van der Waals surface area contributed by atoms with Crippen LogP contribution in [0.15, 0.2) is 36.7 Å². The lowest BCUT2D eigenvalue weighted by molar-refractivity contribution is 0.641. The molecule has 0 saturated carbocycles. The molecule has 1 aromatic carbocycles. The monoisotopic (exact) mass is 296 g/mol. The Labute approximate surface area is 129 Å². The molecule has 0 aliphatic rings. The number of nitrogens with zero attached hydrogens (tertiary/aromatic N) is 5. The predicted molar refractivity (Wildman–Crippen MR) is 87.6 cm³/mol. The van der Waals surface area contributed by atoms with Gasteiger partial charge in [-0.3, -0.25) is 0 Å². The van der Waals surface area contributed by atoms with Crippen LogP contribution in [0.1, 0.15) is 11.4 Å². The Morgan fingerprint density at radius 3 is 2.50 bits per heavy atom. The van der Waals surface area contributed by atoms with E-state index in [1.54, 1.807) is 0 Å². The third-order valence-electron chi connectivity index (χ3n) is 3.58. The number of imidazole rings is 1. The third kappa shape index (κ3) is 2.92. The Hall–Kier alpha value is -2.47. The molecule has 3 aromatic rings. The van der Waals surface area contributed by atoms with Crippen LogP contribution in [0.3, 0.4) is 0 Å². The normalized spacial score (nSPS) is 11.0. The van der Waals surface area contributed by atoms with Crippen molar-refractivity contribution in [2.45, 2.75) is 13.1 Å². The standard InChI is InChI=1S/C16H20N6/c1-21(2)16-18-9-12(10-19-16)8-17-11-15-20-13-6-4-5-7-14(13)22(15)3/h4-7,9-10,17H,8,11H2,1-3H3. The van der Waals surface area contributed by atoms with E-state index >= 15 is 0 Å². The molecule has 0 saturated heterocycles. The molecule has 114 valence electrons. The van der Waals surface area contributed by atoms with E-state index in [0.29, 0.717) is 6.54 Å². The summed E-state index contributed by atoms with van der Waals surface area (Å²) in [5.41, 5.74) is 3.24. The number of benzene rings is 1. The molecule has 0 fully saturated rings. The topological polar surface area (TPSA) is 58.9 Å². The molecule has 0 spiro atoms. The molecule has 0 amide bonds. The summed E-state index contributed by atoms with van der Waals surface area (Å²) in [6.07, 6.45) is 3.70. The maximum atomic E-state index is 4.64. The average molecular weight is 296 g/mol. The van der Waals surface area contributed by atoms with Crippen molar-refractivity contribution in [3.63, 3.8) is 0 Å². The van der Waals surface area contributed by atoms with Gasteiger partial charge in [-0.15, -0.1) is 0 Å². The number of aromatic nitrogens is 4. The zero-order valence-corrected chi connectivity index (χ0v) is 13.1. The first kappa shape index (κ1) is 14.5. The van der Waals surface area contributed by atoms with E-state index in [1.807, 2.05) is 56.6 Å². The summed E-state index contributed by atoms with van der Waals surface area (Å²) >= 11 is 0. The highest BCUT2D eigenvalue weighted by Gasteiger charge is 2.06. The van der Waals surface area contributed by atoms with Crippen molar-refractivity contribution in [1.29, 1.82) is 0 Å². The van der Waals surface area contributed by atoms with Crippen molar-refractivity contribution in [2.75, 3.05) is 19.0 Å². The second-order valence-corrected chi connectivity index (χ2v) is 5.47. The fraction of sp³-hybridized carbons (Fsp3) is 0.312. The number of hydrogen-bond donors (Lipinski definition) is 1. The average Bonchev–Trinajstić information content (AvgIpc) is 2.85. The summed E-state index contributed by atoms with van der Waals surface area (Å²) in [7, 11) is 5.90. The maximum Gasteiger partial charge on any atom is 0.224 e. The van der Waals surface area contributed by atoms with Gasteiger partial charge in [0, 0.05) is 45.6 Å². The summed E-state index contributed by atoms with van der Waals surface area (Å²) in [4.78, 5) is 15.1. The van der Waals surface area contributed by atoms with Gasteiger partial charge in [-0.25, -0.2) is 15.0 Å². The van der Waals surface area contributed by atoms with Crippen molar-refractivity contribution in [1.82, 2.24) is 24.8 Å². The predicted octanol–water partition coefficient (Wildman–Crippen LogP) is 1.72. The molecule has 0 atom stereocenters. The van der Waals surface area contributed by atoms with E-state index < -0.39 is 0 Å². The van der Waals surface area contributed by atoms with E-state index in [-0.39, 0.29) is 0 Å². The van der Waals surface area contributed by atoms with Gasteiger partial charge in [0.15, 0.2) is 0 Å². The molecule has 1 N–H and O–H groups in total. The van der Waals surface area contributed by atoms with Gasteiger partial charge in [0.25, 0.3) is 0 Å². The first-order valence-electron chi connectivity index (χ1n) is 7.24. The lowest BCUT2D eigenvalue weighted by Crippen LogP contribution is -2.17. The van der Waals surface area contributed by atoms with Gasteiger partial charge >= 0.3 is 0 Å². The van der Waals surface area contributed by atoms with Gasteiger partial charge in [-0.2, -0.15) is 0 Å². The number of fused-ring (bicyclic) bond motifs is 1. The molecule has 6 heteroatoms. The van der Waals surface area contributed by atoms with E-state index in [9.17, 15) is 0 Å². The van der Waals surface area contributed by atoms with Crippen LogP contribution in [0.5, 0.6) is 0 Å². The van der Waals surface area contributed by atoms with Crippen molar-refractivity contribution in [3.05, 3.63) is 48.0 Å². The fourth-order valence-electron chi connectivity index (χ4n) is 2.34. The van der Waals surface area contributed by atoms with Gasteiger partial charge < -0.3 is 14.8 Å². The third-order valence-corrected chi connectivity index (χ3v) is 3.58. The molecular weight excluding hydrogens is 276 g/mol. The van der Waals surface area contributed by atoms with Crippen LogP contribution >= 0.6 is 0 Å². The van der Waals surface area contributed by atoms with Gasteiger partial charge in [0.1, 0.15) is 5.82 Å². The van der Waals surface area contributed by atoms with Crippen molar-refractivity contribution in [3.8, 4) is 0 Å². The summed E-state index contributed by atoms with van der Waals surface area (Å²) < 4.78 is 2.12. The van der Waals surface area contributed by atoms with Gasteiger partial charge in [-0.1, -0.05) is 12.1 Å². The first-order valence-corrected chi connectivity index (χ1v) is 7.24. The van der Waals surface area contributed by atoms with Crippen LogP contribution in [-0.4, -0.2) is 33.6 Å². The minimum Gasteiger partial charge on any atom is -0.347 e. The first-order chi connectivity index (χ1) is 10.6. The van der Waals surface area contributed by atoms with Crippen LogP contribution in [0.2, 0.25) is 0 Å². The maximum absolute atomic E-state index is 4.64. The molecule has 6 nitrogen and oxygen atoms in total. The Morgan fingerprint density at radius 1 is 1.09 bits per heavy atom. The van der Waals surface area contributed by atoms with Gasteiger partial charge in [0.2, 0.25) is 5.95 Å². The molecule has 2 heterocycles. The van der Waals surface area contributed by atoms with Crippen LogP contribution in [-0.2, 0) is 20.1 Å². The van der Waals surface area contributed by atoms with Crippen LogP contribution in [0.25, 0.3) is 11.0 Å². The lowest BCUT2D eigenvalue weighted by atomic mass is 10.3. The molecule has 22 heavy (non-hydrogen) atoms. The number of aryl methyl sites for hydroxylation is 1. The summed E-state index contributed by atoms with van der Waals surface area (Å²) in [5, 5.41) is 3.39. The number of anilines is 1. The Kier molecular flexibility index (Phi) is 4.02. The molecule has 3 rings (SSSR count). The molecule has 0 bridgehead atoms. The number of hydrogen-bond acceptors (Lipinski definition) is 5. The minimum atomic E-state index is 0.709. The molecule has 0 unspecified atom stereocenters. The molecular formula is C16H20N6. The van der Waals surface area contributed by atoms with Crippen molar-refractivity contribution in [2.24, 2.45) is 7.05 Å². The van der Waals surface area contributed by atoms with Gasteiger partial charge in [-0.05, 0) is 12.1 Å². The number of nitrogens with one attached hydrogen (secondary N) is 1. The Balaban J connectivity index is 1.63. The largest absolute Gasteiger partial charge is 0.347 e. The van der Waals surface area contributed by atoms with E-state index in [2.05, 4.69) is 30.9 Å². The SMILES string of the molecule is CN(C)c1ncc(CNCc2nc3ccccc3n2C)cn1. The van der Waals surface area contributed by atoms with Crippen LogP contribution in [0.4, 0.5) is 5.95 Å². The zero-order chi connectivity index (χ0) is 15.5. The van der Waals surface area contributed by atoms with Crippen LogP contribution < -0.4 is 10.2 Å². The smallest absolute Gasteiger partial charge is 0.224 e. The van der Waals surface area contributed by atoms with Crippen molar-refractivity contribution >= 4 is 17.0 Å². The zero-order valence-electron chi connectivity index (χ0n) is 13.1. The van der Waals surface area contributed by atoms with E-state index in [4.69, 9.17) is 0 Å². The molecule has 0 radical (unpaired) electrons. The van der Waals surface area contributed by atoms with Crippen LogP contribution in [0, 0.1) is 0 Å². The fourth-order valence-corrected chi connectivity index (χ4v) is 2.34.